The van der Waals surface area contributed by atoms with Crippen molar-refractivity contribution in [2.45, 2.75) is 6.42 Å². The second kappa shape index (κ2) is 3.79. The van der Waals surface area contributed by atoms with Crippen molar-refractivity contribution in [3.8, 4) is 0 Å². The number of allylic oxidation sites excluding steroid dienone is 1. The quantitative estimate of drug-likeness (QED) is 0.528. The summed E-state index contributed by atoms with van der Waals surface area (Å²) >= 11 is 0. The molecule has 90 valence electrons. The van der Waals surface area contributed by atoms with Gasteiger partial charge in [-0.25, -0.2) is 0 Å². The summed E-state index contributed by atoms with van der Waals surface area (Å²) in [7, 11) is 0. The molecule has 0 N–H and O–H groups in total. The lowest BCUT2D eigenvalue weighted by Gasteiger charge is -2.13. The molecule has 1 heteroatoms. The maximum absolute atomic E-state index is 12.2. The molecule has 0 amide bonds. The Balaban J connectivity index is 2.19. The van der Waals surface area contributed by atoms with E-state index in [1.165, 1.54) is 10.8 Å². The molecule has 0 unspecified atom stereocenters. The Labute approximate surface area is 111 Å². The van der Waals surface area contributed by atoms with Crippen LogP contribution in [-0.4, -0.2) is 5.78 Å². The van der Waals surface area contributed by atoms with Gasteiger partial charge in [-0.1, -0.05) is 48.6 Å². The molecule has 0 fully saturated rings. The average molecular weight is 244 g/mol. The summed E-state index contributed by atoms with van der Waals surface area (Å²) in [6, 6.07) is 16.7. The molecule has 0 heterocycles. The highest BCUT2D eigenvalue weighted by molar-refractivity contribution is 6.15. The van der Waals surface area contributed by atoms with Crippen molar-refractivity contribution in [3.63, 3.8) is 0 Å². The van der Waals surface area contributed by atoms with Gasteiger partial charge < -0.3 is 0 Å². The van der Waals surface area contributed by atoms with Crippen molar-refractivity contribution in [1.29, 1.82) is 0 Å². The van der Waals surface area contributed by atoms with E-state index in [2.05, 4.69) is 30.3 Å². The fourth-order valence-electron chi connectivity index (χ4n) is 2.88. The fourth-order valence-corrected chi connectivity index (χ4v) is 2.88. The SMILES string of the molecule is O=C1CC=Cc2ccc3cc4ccccc4cc3c21. The van der Waals surface area contributed by atoms with Crippen LogP contribution in [0, 0.1) is 0 Å². The third kappa shape index (κ3) is 1.52. The number of fused-ring (bicyclic) bond motifs is 4. The van der Waals surface area contributed by atoms with E-state index in [1.807, 2.05) is 30.4 Å². The molecule has 1 aliphatic carbocycles. The van der Waals surface area contributed by atoms with Crippen molar-refractivity contribution in [2.75, 3.05) is 0 Å². The van der Waals surface area contributed by atoms with E-state index in [1.54, 1.807) is 0 Å². The van der Waals surface area contributed by atoms with Gasteiger partial charge in [-0.05, 0) is 39.2 Å². The number of rotatable bonds is 0. The van der Waals surface area contributed by atoms with Crippen LogP contribution in [0.5, 0.6) is 0 Å². The Bertz CT molecular complexity index is 856. The number of Topliss-reactive ketones (excluding diaryl/α,β-unsaturated/α-hetero) is 1. The predicted molar refractivity (Wildman–Crippen MR) is 79.4 cm³/mol. The monoisotopic (exact) mass is 244 g/mol. The lowest BCUT2D eigenvalue weighted by atomic mass is 9.90. The van der Waals surface area contributed by atoms with Gasteiger partial charge in [-0.3, -0.25) is 4.79 Å². The van der Waals surface area contributed by atoms with Crippen LogP contribution in [-0.2, 0) is 0 Å². The molecule has 0 aliphatic heterocycles. The summed E-state index contributed by atoms with van der Waals surface area (Å²) in [6.45, 7) is 0. The predicted octanol–water partition coefficient (Wildman–Crippen LogP) is 4.59. The van der Waals surface area contributed by atoms with Gasteiger partial charge in [0.25, 0.3) is 0 Å². The summed E-state index contributed by atoms with van der Waals surface area (Å²) in [5, 5.41) is 4.62. The lowest BCUT2D eigenvalue weighted by molar-refractivity contribution is 0.0996. The number of benzene rings is 3. The Kier molecular flexibility index (Phi) is 2.10. The maximum Gasteiger partial charge on any atom is 0.167 e. The summed E-state index contributed by atoms with van der Waals surface area (Å²) in [5.74, 6) is 0.221. The maximum atomic E-state index is 12.2. The van der Waals surface area contributed by atoms with Crippen molar-refractivity contribution in [1.82, 2.24) is 0 Å². The van der Waals surface area contributed by atoms with Crippen LogP contribution in [0.2, 0.25) is 0 Å². The molecule has 0 bridgehead atoms. The third-order valence-electron chi connectivity index (χ3n) is 3.80. The van der Waals surface area contributed by atoms with E-state index >= 15 is 0 Å². The van der Waals surface area contributed by atoms with Crippen LogP contribution in [0.1, 0.15) is 22.3 Å². The largest absolute Gasteiger partial charge is 0.294 e. The minimum Gasteiger partial charge on any atom is -0.294 e. The molecule has 0 aromatic heterocycles. The Morgan fingerprint density at radius 3 is 2.47 bits per heavy atom. The molecule has 19 heavy (non-hydrogen) atoms. The first kappa shape index (κ1) is 10.5. The average Bonchev–Trinajstić information content (AvgIpc) is 2.45. The van der Waals surface area contributed by atoms with E-state index in [0.717, 1.165) is 21.9 Å². The molecule has 1 nitrogen and oxygen atoms in total. The van der Waals surface area contributed by atoms with Gasteiger partial charge >= 0.3 is 0 Å². The first-order valence-electron chi connectivity index (χ1n) is 6.48. The highest BCUT2D eigenvalue weighted by Crippen LogP contribution is 2.31. The zero-order chi connectivity index (χ0) is 12.8. The minimum atomic E-state index is 0.221. The molecule has 0 atom stereocenters. The molecular formula is C18H12O. The van der Waals surface area contributed by atoms with E-state index < -0.39 is 0 Å². The van der Waals surface area contributed by atoms with Crippen LogP contribution in [0.25, 0.3) is 27.6 Å². The normalized spacial score (nSPS) is 14.0. The van der Waals surface area contributed by atoms with Gasteiger partial charge in [-0.15, -0.1) is 0 Å². The van der Waals surface area contributed by atoms with Crippen molar-refractivity contribution in [2.24, 2.45) is 0 Å². The minimum absolute atomic E-state index is 0.221. The number of carbonyl (C=O) groups is 1. The number of carbonyl (C=O) groups excluding carboxylic acids is 1. The van der Waals surface area contributed by atoms with Gasteiger partial charge in [0.1, 0.15) is 0 Å². The van der Waals surface area contributed by atoms with Crippen LogP contribution in [0.15, 0.2) is 54.6 Å². The highest BCUT2D eigenvalue weighted by atomic mass is 16.1. The van der Waals surface area contributed by atoms with E-state index in [9.17, 15) is 4.79 Å². The van der Waals surface area contributed by atoms with E-state index in [-0.39, 0.29) is 5.78 Å². The van der Waals surface area contributed by atoms with Gasteiger partial charge in [0.05, 0.1) is 0 Å². The van der Waals surface area contributed by atoms with Crippen molar-refractivity contribution < 1.29 is 4.79 Å². The Morgan fingerprint density at radius 1 is 0.842 bits per heavy atom. The molecule has 0 radical (unpaired) electrons. The van der Waals surface area contributed by atoms with E-state index in [0.29, 0.717) is 6.42 Å². The highest BCUT2D eigenvalue weighted by Gasteiger charge is 2.16. The van der Waals surface area contributed by atoms with Crippen LogP contribution < -0.4 is 0 Å². The van der Waals surface area contributed by atoms with Crippen LogP contribution >= 0.6 is 0 Å². The molecule has 0 saturated carbocycles. The molecule has 0 spiro atoms. The molecule has 4 rings (SSSR count). The fraction of sp³-hybridized carbons (Fsp3) is 0.0556. The second-order valence-electron chi connectivity index (χ2n) is 4.98. The lowest BCUT2D eigenvalue weighted by Crippen LogP contribution is -2.05. The first-order valence-corrected chi connectivity index (χ1v) is 6.48. The van der Waals surface area contributed by atoms with Gasteiger partial charge in [0, 0.05) is 12.0 Å². The zero-order valence-electron chi connectivity index (χ0n) is 10.4. The van der Waals surface area contributed by atoms with Gasteiger partial charge in [0.2, 0.25) is 0 Å². The molecule has 0 saturated heterocycles. The third-order valence-corrected chi connectivity index (χ3v) is 3.80. The van der Waals surface area contributed by atoms with Crippen LogP contribution in [0.4, 0.5) is 0 Å². The van der Waals surface area contributed by atoms with E-state index in [4.69, 9.17) is 0 Å². The summed E-state index contributed by atoms with van der Waals surface area (Å²) in [4.78, 5) is 12.2. The second-order valence-corrected chi connectivity index (χ2v) is 4.98. The molecular weight excluding hydrogens is 232 g/mol. The number of hydrogen-bond donors (Lipinski definition) is 0. The topological polar surface area (TPSA) is 17.1 Å². The zero-order valence-corrected chi connectivity index (χ0v) is 10.4. The molecule has 3 aromatic carbocycles. The first-order chi connectivity index (χ1) is 9.33. The summed E-state index contributed by atoms with van der Waals surface area (Å²) in [6.07, 6.45) is 4.50. The summed E-state index contributed by atoms with van der Waals surface area (Å²) in [5.41, 5.74) is 1.92. The number of hydrogen-bond acceptors (Lipinski definition) is 1. The van der Waals surface area contributed by atoms with Crippen molar-refractivity contribution in [3.05, 3.63) is 65.7 Å². The Hall–Kier alpha value is -2.41. The molecule has 1 aliphatic rings. The van der Waals surface area contributed by atoms with Crippen LogP contribution in [0.3, 0.4) is 0 Å². The standard InChI is InChI=1S/C18H12O/c19-17-7-3-6-12-8-9-15-10-13-4-1-2-5-14(13)11-16(15)18(12)17/h1-6,8-11H,7H2. The molecule has 3 aromatic rings. The van der Waals surface area contributed by atoms with Gasteiger partial charge in [0.15, 0.2) is 5.78 Å². The summed E-state index contributed by atoms with van der Waals surface area (Å²) < 4.78 is 0. The number of ketones is 1. The van der Waals surface area contributed by atoms with Gasteiger partial charge in [-0.2, -0.15) is 0 Å². The van der Waals surface area contributed by atoms with Crippen molar-refractivity contribution >= 4 is 33.4 Å². The smallest absolute Gasteiger partial charge is 0.167 e. The Morgan fingerprint density at radius 2 is 1.63 bits per heavy atom.